The maximum atomic E-state index is 5.78. The van der Waals surface area contributed by atoms with Crippen LogP contribution in [0.4, 0.5) is 0 Å². The Morgan fingerprint density at radius 1 is 1.14 bits per heavy atom. The molecule has 2 aromatic carbocycles. The van der Waals surface area contributed by atoms with Gasteiger partial charge in [0.2, 0.25) is 6.21 Å². The summed E-state index contributed by atoms with van der Waals surface area (Å²) in [6, 6.07) is 15.5. The van der Waals surface area contributed by atoms with Crippen LogP contribution in [0.1, 0.15) is 11.1 Å². The molecule has 2 aromatic rings. The molecule has 0 aliphatic heterocycles. The zero-order chi connectivity index (χ0) is 15.8. The molecule has 0 fully saturated rings. The van der Waals surface area contributed by atoms with E-state index < -0.39 is 0 Å². The number of nitrogens with zero attached hydrogens (tertiary/aromatic N) is 1. The molecule has 0 heterocycles. The number of nitrogens with two attached hydrogens (primary N) is 2. The van der Waals surface area contributed by atoms with Gasteiger partial charge in [-0.25, -0.2) is 0 Å². The number of methoxy groups -OCH3 is 1. The van der Waals surface area contributed by atoms with E-state index >= 15 is 0 Å². The summed E-state index contributed by atoms with van der Waals surface area (Å²) in [5.41, 5.74) is 12.4. The average molecular weight is 299 g/mol. The van der Waals surface area contributed by atoms with Gasteiger partial charge in [-0.2, -0.15) is 0 Å². The Morgan fingerprint density at radius 2 is 1.91 bits per heavy atom. The third-order valence-corrected chi connectivity index (χ3v) is 2.85. The molecule has 2 rings (SSSR count). The van der Waals surface area contributed by atoms with Crippen LogP contribution < -0.4 is 26.0 Å². The third-order valence-electron chi connectivity index (χ3n) is 2.85. The number of hydrogen-bond donors (Lipinski definition) is 3. The molecule has 0 bridgehead atoms. The van der Waals surface area contributed by atoms with Crippen LogP contribution in [0.2, 0.25) is 0 Å². The first kappa shape index (κ1) is 15.4. The lowest BCUT2D eigenvalue weighted by atomic mass is 10.2. The van der Waals surface area contributed by atoms with Crippen LogP contribution in [-0.4, -0.2) is 19.3 Å². The van der Waals surface area contributed by atoms with Gasteiger partial charge in [0, 0.05) is 10.7 Å². The van der Waals surface area contributed by atoms with Gasteiger partial charge in [-0.05, 0) is 23.8 Å². The number of guanidine groups is 1. The minimum absolute atomic E-state index is 0.0361. The van der Waals surface area contributed by atoms with E-state index in [-0.39, 0.29) is 5.96 Å². The van der Waals surface area contributed by atoms with Crippen molar-refractivity contribution in [3.63, 3.8) is 0 Å². The Balaban J connectivity index is 2.09. The average Bonchev–Trinajstić information content (AvgIpc) is 2.54. The summed E-state index contributed by atoms with van der Waals surface area (Å²) >= 11 is 0. The van der Waals surface area contributed by atoms with Gasteiger partial charge in [0.25, 0.3) is 5.96 Å². The number of hydrazone groups is 1. The van der Waals surface area contributed by atoms with E-state index in [2.05, 4.69) is 10.2 Å². The Kier molecular flexibility index (Phi) is 5.37. The van der Waals surface area contributed by atoms with Crippen LogP contribution in [0.25, 0.3) is 0 Å². The maximum Gasteiger partial charge on any atom is 0.256 e. The van der Waals surface area contributed by atoms with Crippen molar-refractivity contribution in [1.29, 1.82) is 0 Å². The van der Waals surface area contributed by atoms with E-state index in [1.807, 2.05) is 48.5 Å². The summed E-state index contributed by atoms with van der Waals surface area (Å²) in [6.07, 6.45) is 1.66. The fourth-order valence-electron chi connectivity index (χ4n) is 1.81. The smallest absolute Gasteiger partial charge is 0.256 e. The highest BCUT2D eigenvalue weighted by Gasteiger charge is 2.06. The Hall–Kier alpha value is -3.02. The molecule has 0 aliphatic carbocycles. The quantitative estimate of drug-likeness (QED) is 0.396. The van der Waals surface area contributed by atoms with Crippen LogP contribution in [0.15, 0.2) is 53.6 Å². The molecule has 0 saturated carbocycles. The Bertz CT molecular complexity index is 665. The largest absolute Gasteiger partial charge is 0.493 e. The van der Waals surface area contributed by atoms with E-state index in [0.29, 0.717) is 18.1 Å². The zero-order valence-corrected chi connectivity index (χ0v) is 12.3. The summed E-state index contributed by atoms with van der Waals surface area (Å²) in [7, 11) is 1.60. The highest BCUT2D eigenvalue weighted by molar-refractivity contribution is 5.78. The van der Waals surface area contributed by atoms with E-state index in [4.69, 9.17) is 20.9 Å². The van der Waals surface area contributed by atoms with Crippen LogP contribution in [0, 0.1) is 0 Å². The molecule has 6 nitrogen and oxygen atoms in total. The monoisotopic (exact) mass is 299 g/mol. The number of hydrogen-bond acceptors (Lipinski definition) is 3. The van der Waals surface area contributed by atoms with Gasteiger partial charge >= 0.3 is 0 Å². The van der Waals surface area contributed by atoms with Crippen molar-refractivity contribution in [2.24, 2.45) is 16.6 Å². The van der Waals surface area contributed by atoms with Crippen molar-refractivity contribution in [1.82, 2.24) is 0 Å². The summed E-state index contributed by atoms with van der Waals surface area (Å²) in [5.74, 6) is 1.27. The second-order valence-electron chi connectivity index (χ2n) is 4.49. The third kappa shape index (κ3) is 4.52. The molecule has 0 aromatic heterocycles. The molecular weight excluding hydrogens is 280 g/mol. The minimum Gasteiger partial charge on any atom is -0.493 e. The molecule has 5 N–H and O–H groups in total. The van der Waals surface area contributed by atoms with Gasteiger partial charge < -0.3 is 20.9 Å². The lowest BCUT2D eigenvalue weighted by Gasteiger charge is -2.10. The molecule has 0 unspecified atom stereocenters. The van der Waals surface area contributed by atoms with Crippen molar-refractivity contribution in [2.75, 3.05) is 7.11 Å². The van der Waals surface area contributed by atoms with Crippen LogP contribution in [0.3, 0.4) is 0 Å². The van der Waals surface area contributed by atoms with Crippen molar-refractivity contribution in [3.8, 4) is 11.5 Å². The number of nitrogens with one attached hydrogen (secondary N) is 1. The van der Waals surface area contributed by atoms with Crippen molar-refractivity contribution >= 4 is 12.2 Å². The van der Waals surface area contributed by atoms with Crippen molar-refractivity contribution < 1.29 is 14.6 Å². The second kappa shape index (κ2) is 7.68. The fourth-order valence-corrected chi connectivity index (χ4v) is 1.81. The summed E-state index contributed by atoms with van der Waals surface area (Å²) in [4.78, 5) is 0. The molecule has 0 amide bonds. The summed E-state index contributed by atoms with van der Waals surface area (Å²) < 4.78 is 11.1. The normalized spacial score (nSPS) is 10.4. The standard InChI is InChI=1S/C16H18N4O2/c1-21-15-9-13(10-19-20-16(17)18)7-8-14(15)22-11-12-5-3-2-4-6-12/h2-10H,11H2,1H3,(H4,17,18,20)/p+1. The topological polar surface area (TPSA) is 96.8 Å². The molecule has 0 radical (unpaired) electrons. The van der Waals surface area contributed by atoms with Gasteiger partial charge in [0.05, 0.1) is 7.11 Å². The highest BCUT2D eigenvalue weighted by Crippen LogP contribution is 2.28. The SMILES string of the molecule is COc1cc(C=[NH+]N=C(N)N)ccc1OCc1ccccc1. The molecule has 6 heteroatoms. The fraction of sp³-hybridized carbons (Fsp3) is 0.125. The van der Waals surface area contributed by atoms with Gasteiger partial charge in [0.15, 0.2) is 11.5 Å². The Morgan fingerprint density at radius 3 is 2.59 bits per heavy atom. The molecule has 0 saturated heterocycles. The number of benzene rings is 2. The van der Waals surface area contributed by atoms with E-state index in [1.165, 1.54) is 0 Å². The molecule has 114 valence electrons. The molecule has 22 heavy (non-hydrogen) atoms. The van der Waals surface area contributed by atoms with Crippen molar-refractivity contribution in [3.05, 3.63) is 59.7 Å². The number of rotatable bonds is 6. The van der Waals surface area contributed by atoms with Gasteiger partial charge in [0.1, 0.15) is 6.61 Å². The van der Waals surface area contributed by atoms with E-state index in [0.717, 1.165) is 11.1 Å². The van der Waals surface area contributed by atoms with Crippen LogP contribution >= 0.6 is 0 Å². The van der Waals surface area contributed by atoms with Crippen LogP contribution in [0.5, 0.6) is 11.5 Å². The van der Waals surface area contributed by atoms with Crippen molar-refractivity contribution in [2.45, 2.75) is 6.61 Å². The van der Waals surface area contributed by atoms with E-state index in [9.17, 15) is 0 Å². The Labute approximate surface area is 129 Å². The molecule has 0 spiro atoms. The predicted molar refractivity (Wildman–Crippen MR) is 85.7 cm³/mol. The van der Waals surface area contributed by atoms with Gasteiger partial charge in [-0.1, -0.05) is 30.3 Å². The number of ether oxygens (including phenoxy) is 2. The lowest BCUT2D eigenvalue weighted by molar-refractivity contribution is -0.456. The summed E-state index contributed by atoms with van der Waals surface area (Å²) in [6.45, 7) is 0.479. The summed E-state index contributed by atoms with van der Waals surface area (Å²) in [5, 5.41) is 6.31. The first-order valence-electron chi connectivity index (χ1n) is 6.71. The lowest BCUT2D eigenvalue weighted by Crippen LogP contribution is -2.63. The van der Waals surface area contributed by atoms with E-state index in [1.54, 1.807) is 13.3 Å². The zero-order valence-electron chi connectivity index (χ0n) is 12.3. The second-order valence-corrected chi connectivity index (χ2v) is 4.49. The van der Waals surface area contributed by atoms with Gasteiger partial charge in [-0.3, -0.25) is 0 Å². The molecule has 0 aliphatic rings. The van der Waals surface area contributed by atoms with Gasteiger partial charge in [-0.15, -0.1) is 5.10 Å². The molecular formula is C16H19N4O2+. The molecule has 0 atom stereocenters. The minimum atomic E-state index is -0.0361. The first-order chi connectivity index (χ1) is 10.7. The first-order valence-corrected chi connectivity index (χ1v) is 6.71. The highest BCUT2D eigenvalue weighted by atomic mass is 16.5. The van der Waals surface area contributed by atoms with Crippen LogP contribution in [-0.2, 0) is 6.61 Å². The predicted octanol–water partition coefficient (Wildman–Crippen LogP) is -0.0379. The maximum absolute atomic E-state index is 5.78.